The molecule has 0 unspecified atom stereocenters. The summed E-state index contributed by atoms with van der Waals surface area (Å²) in [4.78, 5) is 20.7. The van der Waals surface area contributed by atoms with Gasteiger partial charge in [-0.3, -0.25) is 0 Å². The van der Waals surface area contributed by atoms with Crippen LogP contribution in [0.4, 0.5) is 0 Å². The first-order valence-electron chi connectivity index (χ1n) is 21.9. The van der Waals surface area contributed by atoms with E-state index >= 15 is 0 Å². The van der Waals surface area contributed by atoms with E-state index in [4.69, 9.17) is 29.1 Å². The Morgan fingerprint density at radius 2 is 0.923 bits per heavy atom. The van der Waals surface area contributed by atoms with Crippen molar-refractivity contribution in [2.75, 3.05) is 0 Å². The van der Waals surface area contributed by atoms with E-state index in [0.29, 0.717) is 17.5 Å². The predicted molar refractivity (Wildman–Crippen MR) is 259 cm³/mol. The zero-order valence-electron chi connectivity index (χ0n) is 34.7. The number of hydrogen-bond acceptors (Lipinski definition) is 6. The van der Waals surface area contributed by atoms with E-state index in [1.54, 1.807) is 0 Å². The molecule has 0 saturated heterocycles. The van der Waals surface area contributed by atoms with Crippen molar-refractivity contribution in [3.63, 3.8) is 0 Å². The monoisotopic (exact) mass is 830 g/mol. The Kier molecular flexibility index (Phi) is 7.51. The van der Waals surface area contributed by atoms with Crippen LogP contribution >= 0.6 is 0 Å². The van der Waals surface area contributed by atoms with Gasteiger partial charge >= 0.3 is 0 Å². The van der Waals surface area contributed by atoms with Crippen molar-refractivity contribution in [1.82, 2.24) is 19.9 Å². The molecule has 6 nitrogen and oxygen atoms in total. The zero-order valence-corrected chi connectivity index (χ0v) is 34.7. The maximum Gasteiger partial charge on any atom is 0.164 e. The number of furan rings is 1. The molecule has 0 atom stereocenters. The Morgan fingerprint density at radius 3 is 1.71 bits per heavy atom. The summed E-state index contributed by atoms with van der Waals surface area (Å²) < 4.78 is 13.2. The first-order valence-corrected chi connectivity index (χ1v) is 21.9. The highest BCUT2D eigenvalue weighted by Gasteiger charge is 2.51. The van der Waals surface area contributed by atoms with E-state index < -0.39 is 5.41 Å². The van der Waals surface area contributed by atoms with Crippen molar-refractivity contribution in [2.45, 2.75) is 5.41 Å². The predicted octanol–water partition coefficient (Wildman–Crippen LogP) is 14.6. The van der Waals surface area contributed by atoms with Crippen molar-refractivity contribution < 1.29 is 9.15 Å². The topological polar surface area (TPSA) is 73.9 Å². The van der Waals surface area contributed by atoms with Crippen LogP contribution in [-0.2, 0) is 5.41 Å². The molecule has 0 saturated carbocycles. The van der Waals surface area contributed by atoms with Gasteiger partial charge in [-0.25, -0.2) is 19.9 Å². The van der Waals surface area contributed by atoms with Crippen LogP contribution in [0.5, 0.6) is 11.5 Å². The average Bonchev–Trinajstić information content (AvgIpc) is 3.90. The number of rotatable bonds is 4. The first-order chi connectivity index (χ1) is 32.2. The van der Waals surface area contributed by atoms with E-state index in [2.05, 4.69) is 146 Å². The highest BCUT2D eigenvalue weighted by atomic mass is 16.5. The molecule has 3 aromatic heterocycles. The number of nitrogens with zero attached hydrogens (tertiary/aromatic N) is 4. The fourth-order valence-electron chi connectivity index (χ4n) is 10.6. The van der Waals surface area contributed by atoms with Crippen molar-refractivity contribution in [1.29, 1.82) is 0 Å². The van der Waals surface area contributed by atoms with Crippen LogP contribution in [0, 0.1) is 0 Å². The van der Waals surface area contributed by atoms with Gasteiger partial charge in [0.25, 0.3) is 0 Å². The van der Waals surface area contributed by atoms with Gasteiger partial charge in [0, 0.05) is 54.9 Å². The molecule has 1 spiro atoms. The van der Waals surface area contributed by atoms with Crippen molar-refractivity contribution in [3.8, 4) is 68.0 Å². The second-order valence-corrected chi connectivity index (χ2v) is 16.8. The molecule has 0 bridgehead atoms. The molecular formula is C59H34N4O2. The van der Waals surface area contributed by atoms with E-state index in [1.165, 1.54) is 22.3 Å². The standard InChI is InChI=1S/C59H34N4O2/c1-2-15-36(16-3-1)56-61-57(63-58(62-56)42-21-14-28-52-54(42)41-20-7-12-26-50(41)64-52)37-31-29-35(30-32-37)55-44-34-53-48(33-43(44)40-19-6-11-25-49(40)60-55)59(47-24-10-13-27-51(47)65-53)45-22-8-4-17-38(45)39-18-5-9-23-46(39)59/h1-34H. The quantitative estimate of drug-likeness (QED) is 0.165. The van der Waals surface area contributed by atoms with Crippen molar-refractivity contribution >= 4 is 43.6 Å². The van der Waals surface area contributed by atoms with Gasteiger partial charge in [-0.15, -0.1) is 0 Å². The smallest absolute Gasteiger partial charge is 0.164 e. The van der Waals surface area contributed by atoms with Crippen LogP contribution in [0.25, 0.3) is 100 Å². The third kappa shape index (κ3) is 5.16. The number of fused-ring (bicyclic) bond motifs is 15. The van der Waals surface area contributed by atoms with Gasteiger partial charge in [0.1, 0.15) is 22.7 Å². The lowest BCUT2D eigenvalue weighted by molar-refractivity contribution is 0.437. The Bertz CT molecular complexity index is 3890. The molecule has 0 amide bonds. The van der Waals surface area contributed by atoms with Crippen LogP contribution in [0.3, 0.4) is 0 Å². The molecule has 0 N–H and O–H groups in total. The van der Waals surface area contributed by atoms with Crippen molar-refractivity contribution in [2.24, 2.45) is 0 Å². The molecule has 1 aliphatic heterocycles. The van der Waals surface area contributed by atoms with Gasteiger partial charge in [0.15, 0.2) is 17.5 Å². The average molecular weight is 831 g/mol. The molecule has 4 heterocycles. The Hall–Kier alpha value is -8.74. The molecule has 65 heavy (non-hydrogen) atoms. The molecule has 9 aromatic carbocycles. The number of pyridine rings is 1. The number of ether oxygens (including phenoxy) is 1. The van der Waals surface area contributed by atoms with Crippen LogP contribution in [0.15, 0.2) is 211 Å². The van der Waals surface area contributed by atoms with Gasteiger partial charge in [0.05, 0.1) is 16.6 Å². The lowest BCUT2D eigenvalue weighted by Crippen LogP contribution is -2.32. The highest BCUT2D eigenvalue weighted by molar-refractivity contribution is 6.13. The lowest BCUT2D eigenvalue weighted by Gasteiger charge is -2.39. The second kappa shape index (κ2) is 13.6. The molecule has 0 radical (unpaired) electrons. The molecule has 12 aromatic rings. The molecule has 14 rings (SSSR count). The van der Waals surface area contributed by atoms with E-state index in [1.807, 2.05) is 60.7 Å². The SMILES string of the molecule is c1ccc(-c2nc(-c3ccc(-c4nc5ccccc5c5cc6c(cc45)Oc4ccccc4C64c5ccccc5-c5ccccc54)cc3)nc(-c3cccc4oc5ccccc5c34)n2)cc1. The van der Waals surface area contributed by atoms with Gasteiger partial charge in [-0.2, -0.15) is 0 Å². The second-order valence-electron chi connectivity index (χ2n) is 16.8. The van der Waals surface area contributed by atoms with Crippen molar-refractivity contribution in [3.05, 3.63) is 229 Å². The van der Waals surface area contributed by atoms with Gasteiger partial charge in [0.2, 0.25) is 0 Å². The third-order valence-electron chi connectivity index (χ3n) is 13.4. The fourth-order valence-corrected chi connectivity index (χ4v) is 10.6. The number of aromatic nitrogens is 4. The summed E-state index contributed by atoms with van der Waals surface area (Å²) in [7, 11) is 0. The summed E-state index contributed by atoms with van der Waals surface area (Å²) in [5.74, 6) is 3.43. The summed E-state index contributed by atoms with van der Waals surface area (Å²) in [5, 5.41) is 5.22. The minimum atomic E-state index is -0.573. The highest BCUT2D eigenvalue weighted by Crippen LogP contribution is 2.62. The maximum absolute atomic E-state index is 6.97. The van der Waals surface area contributed by atoms with E-state index in [9.17, 15) is 0 Å². The van der Waals surface area contributed by atoms with Crippen LogP contribution < -0.4 is 4.74 Å². The normalized spacial score (nSPS) is 13.2. The number of hydrogen-bond donors (Lipinski definition) is 0. The molecule has 1 aliphatic carbocycles. The molecule has 6 heteroatoms. The largest absolute Gasteiger partial charge is 0.457 e. The summed E-state index contributed by atoms with van der Waals surface area (Å²) in [6.07, 6.45) is 0. The summed E-state index contributed by atoms with van der Waals surface area (Å²) in [5.41, 5.74) is 13.7. The summed E-state index contributed by atoms with van der Waals surface area (Å²) in [6.45, 7) is 0. The Morgan fingerprint density at radius 1 is 0.338 bits per heavy atom. The Balaban J connectivity index is 0.957. The summed E-state index contributed by atoms with van der Waals surface area (Å²) >= 11 is 0. The van der Waals surface area contributed by atoms with Crippen LogP contribution in [0.1, 0.15) is 22.3 Å². The van der Waals surface area contributed by atoms with Gasteiger partial charge in [-0.05, 0) is 64.0 Å². The minimum absolute atomic E-state index is 0.573. The first kappa shape index (κ1) is 35.8. The number of benzene rings is 9. The van der Waals surface area contributed by atoms with Gasteiger partial charge < -0.3 is 9.15 Å². The molecule has 2 aliphatic rings. The van der Waals surface area contributed by atoms with E-state index in [-0.39, 0.29) is 0 Å². The molecule has 302 valence electrons. The third-order valence-corrected chi connectivity index (χ3v) is 13.4. The van der Waals surface area contributed by atoms with Gasteiger partial charge in [-0.1, -0.05) is 170 Å². The fraction of sp³-hybridized carbons (Fsp3) is 0.0169. The van der Waals surface area contributed by atoms with Crippen LogP contribution in [0.2, 0.25) is 0 Å². The maximum atomic E-state index is 6.97. The molecule has 0 fully saturated rings. The Labute approximate surface area is 373 Å². The minimum Gasteiger partial charge on any atom is -0.457 e. The molecular weight excluding hydrogens is 797 g/mol. The number of para-hydroxylation sites is 3. The lowest BCUT2D eigenvalue weighted by atomic mass is 9.65. The van der Waals surface area contributed by atoms with E-state index in [0.717, 1.165) is 94.2 Å². The zero-order chi connectivity index (χ0) is 42.6. The van der Waals surface area contributed by atoms with Crippen LogP contribution in [-0.4, -0.2) is 19.9 Å². The summed E-state index contributed by atoms with van der Waals surface area (Å²) in [6, 6.07) is 71.9.